The van der Waals surface area contributed by atoms with Crippen LogP contribution < -0.4 is 5.32 Å². The van der Waals surface area contributed by atoms with Gasteiger partial charge in [-0.3, -0.25) is 4.98 Å². The van der Waals surface area contributed by atoms with Crippen LogP contribution in [0, 0.1) is 0 Å². The molecule has 1 aliphatic rings. The zero-order valence-corrected chi connectivity index (χ0v) is 11.4. The Labute approximate surface area is 113 Å². The first kappa shape index (κ1) is 11.8. The molecule has 0 aromatic carbocycles. The molecule has 1 N–H and O–H groups in total. The lowest BCUT2D eigenvalue weighted by Gasteiger charge is -2.18. The summed E-state index contributed by atoms with van der Waals surface area (Å²) in [5.41, 5.74) is 0.869. The lowest BCUT2D eigenvalue weighted by molar-refractivity contribution is 0.320. The summed E-state index contributed by atoms with van der Waals surface area (Å²) >= 11 is 3.39. The third-order valence-electron chi connectivity index (χ3n) is 3.09. The van der Waals surface area contributed by atoms with Gasteiger partial charge in [0.25, 0.3) is 0 Å². The average molecular weight is 309 g/mol. The number of hydrogen-bond donors (Lipinski definition) is 1. The molecule has 0 aliphatic carbocycles. The molecule has 0 bridgehead atoms. The van der Waals surface area contributed by atoms with Crippen molar-refractivity contribution >= 4 is 15.9 Å². The molecule has 1 aliphatic heterocycles. The molecule has 1 saturated heterocycles. The van der Waals surface area contributed by atoms with Gasteiger partial charge in [-0.1, -0.05) is 5.16 Å². The molecule has 5 nitrogen and oxygen atoms in total. The van der Waals surface area contributed by atoms with Crippen molar-refractivity contribution < 1.29 is 4.52 Å². The zero-order chi connectivity index (χ0) is 12.4. The largest absolute Gasteiger partial charge is 0.339 e. The fourth-order valence-electron chi connectivity index (χ4n) is 2.12. The minimum atomic E-state index is 0.382. The monoisotopic (exact) mass is 308 g/mol. The van der Waals surface area contributed by atoms with Gasteiger partial charge < -0.3 is 9.84 Å². The second-order valence-corrected chi connectivity index (χ2v) is 5.29. The first-order chi connectivity index (χ1) is 8.83. The number of pyridine rings is 1. The van der Waals surface area contributed by atoms with Crippen LogP contribution in [0.4, 0.5) is 0 Å². The number of aromatic nitrogens is 3. The van der Waals surface area contributed by atoms with Crippen molar-refractivity contribution in [2.24, 2.45) is 0 Å². The number of hydrogen-bond acceptors (Lipinski definition) is 5. The summed E-state index contributed by atoms with van der Waals surface area (Å²) in [7, 11) is 0. The molecular formula is C12H13BrN4O. The summed E-state index contributed by atoms with van der Waals surface area (Å²) in [6.07, 6.45) is 5.58. The van der Waals surface area contributed by atoms with Gasteiger partial charge in [0.05, 0.1) is 0 Å². The van der Waals surface area contributed by atoms with E-state index in [9.17, 15) is 0 Å². The minimum absolute atomic E-state index is 0.382. The Bertz CT molecular complexity index is 536. The molecule has 0 saturated carbocycles. The van der Waals surface area contributed by atoms with Crippen LogP contribution in [-0.4, -0.2) is 28.2 Å². The van der Waals surface area contributed by atoms with Crippen molar-refractivity contribution in [2.75, 3.05) is 13.1 Å². The minimum Gasteiger partial charge on any atom is -0.339 e. The summed E-state index contributed by atoms with van der Waals surface area (Å²) in [6.45, 7) is 2.03. The van der Waals surface area contributed by atoms with E-state index in [0.29, 0.717) is 11.7 Å². The van der Waals surface area contributed by atoms with Crippen LogP contribution in [0.5, 0.6) is 0 Å². The Hall–Kier alpha value is -1.27. The van der Waals surface area contributed by atoms with Gasteiger partial charge in [-0.05, 0) is 47.9 Å². The predicted octanol–water partition coefficient (Wildman–Crippen LogP) is 2.36. The fourth-order valence-corrected chi connectivity index (χ4v) is 2.49. The quantitative estimate of drug-likeness (QED) is 0.922. The lowest BCUT2D eigenvalue weighted by Crippen LogP contribution is -2.26. The Morgan fingerprint density at radius 3 is 2.89 bits per heavy atom. The van der Waals surface area contributed by atoms with Gasteiger partial charge in [-0.2, -0.15) is 4.98 Å². The van der Waals surface area contributed by atoms with Crippen LogP contribution in [0.3, 0.4) is 0 Å². The molecule has 2 aromatic rings. The van der Waals surface area contributed by atoms with Gasteiger partial charge >= 0.3 is 0 Å². The Balaban J connectivity index is 1.84. The van der Waals surface area contributed by atoms with Crippen LogP contribution in [0.15, 0.2) is 27.5 Å². The van der Waals surface area contributed by atoms with E-state index in [2.05, 4.69) is 36.4 Å². The van der Waals surface area contributed by atoms with Crippen LogP contribution in [0.25, 0.3) is 11.4 Å². The first-order valence-electron chi connectivity index (χ1n) is 5.98. The smallest absolute Gasteiger partial charge is 0.230 e. The predicted molar refractivity (Wildman–Crippen MR) is 70.1 cm³/mol. The molecule has 0 amide bonds. The van der Waals surface area contributed by atoms with Crippen LogP contribution in [0.1, 0.15) is 24.7 Å². The summed E-state index contributed by atoms with van der Waals surface area (Å²) in [5.74, 6) is 1.73. The third-order valence-corrected chi connectivity index (χ3v) is 3.53. The maximum absolute atomic E-state index is 5.37. The maximum Gasteiger partial charge on any atom is 0.230 e. The molecule has 2 aromatic heterocycles. The molecule has 0 radical (unpaired) electrons. The van der Waals surface area contributed by atoms with Crippen LogP contribution in [-0.2, 0) is 0 Å². The number of rotatable bonds is 2. The van der Waals surface area contributed by atoms with E-state index in [0.717, 1.165) is 41.9 Å². The average Bonchev–Trinajstić information content (AvgIpc) is 2.89. The van der Waals surface area contributed by atoms with E-state index in [4.69, 9.17) is 4.52 Å². The summed E-state index contributed by atoms with van der Waals surface area (Å²) in [6, 6.07) is 1.93. The number of halogens is 1. The Morgan fingerprint density at radius 2 is 2.11 bits per heavy atom. The molecule has 3 rings (SSSR count). The highest BCUT2D eigenvalue weighted by Crippen LogP contribution is 2.26. The van der Waals surface area contributed by atoms with Crippen molar-refractivity contribution in [3.05, 3.63) is 28.8 Å². The number of nitrogens with one attached hydrogen (secondary N) is 1. The Kier molecular flexibility index (Phi) is 3.38. The summed E-state index contributed by atoms with van der Waals surface area (Å²) in [5, 5.41) is 7.36. The van der Waals surface area contributed by atoms with Crippen molar-refractivity contribution in [1.29, 1.82) is 0 Å². The zero-order valence-electron chi connectivity index (χ0n) is 9.77. The molecule has 0 atom stereocenters. The molecule has 0 spiro atoms. The highest BCUT2D eigenvalue weighted by atomic mass is 79.9. The van der Waals surface area contributed by atoms with E-state index in [1.165, 1.54) is 0 Å². The molecule has 1 fully saturated rings. The van der Waals surface area contributed by atoms with Crippen molar-refractivity contribution in [1.82, 2.24) is 20.4 Å². The standard InChI is InChI=1S/C12H13BrN4O/c13-10-5-9(6-15-7-10)11-16-12(18-17-11)8-1-3-14-4-2-8/h5-8,14H,1-4H2. The highest BCUT2D eigenvalue weighted by molar-refractivity contribution is 9.10. The molecule has 94 valence electrons. The highest BCUT2D eigenvalue weighted by Gasteiger charge is 2.21. The first-order valence-corrected chi connectivity index (χ1v) is 6.77. The second kappa shape index (κ2) is 5.16. The van der Waals surface area contributed by atoms with E-state index in [1.807, 2.05) is 6.07 Å². The second-order valence-electron chi connectivity index (χ2n) is 4.37. The van der Waals surface area contributed by atoms with E-state index < -0.39 is 0 Å². The van der Waals surface area contributed by atoms with Gasteiger partial charge in [0.15, 0.2) is 0 Å². The lowest BCUT2D eigenvalue weighted by atomic mass is 9.98. The number of piperidine rings is 1. The summed E-state index contributed by atoms with van der Waals surface area (Å²) < 4.78 is 6.28. The van der Waals surface area contributed by atoms with Crippen LogP contribution >= 0.6 is 15.9 Å². The van der Waals surface area contributed by atoms with Gasteiger partial charge in [-0.25, -0.2) is 0 Å². The molecule has 18 heavy (non-hydrogen) atoms. The topological polar surface area (TPSA) is 63.8 Å². The molecular weight excluding hydrogens is 296 g/mol. The van der Waals surface area contributed by atoms with Crippen molar-refractivity contribution in [3.63, 3.8) is 0 Å². The van der Waals surface area contributed by atoms with Crippen molar-refractivity contribution in [3.8, 4) is 11.4 Å². The van der Waals surface area contributed by atoms with Gasteiger partial charge in [0.2, 0.25) is 11.7 Å². The molecule has 6 heteroatoms. The number of nitrogens with zero attached hydrogens (tertiary/aromatic N) is 3. The normalized spacial score (nSPS) is 16.9. The summed E-state index contributed by atoms with van der Waals surface area (Å²) in [4.78, 5) is 8.58. The van der Waals surface area contributed by atoms with E-state index >= 15 is 0 Å². The molecule has 3 heterocycles. The van der Waals surface area contributed by atoms with E-state index in [-0.39, 0.29) is 0 Å². The van der Waals surface area contributed by atoms with Gasteiger partial charge in [0.1, 0.15) is 0 Å². The SMILES string of the molecule is Brc1cncc(-c2noc(C3CCNCC3)n2)c1. The molecule has 0 unspecified atom stereocenters. The van der Waals surface area contributed by atoms with Crippen LogP contribution in [0.2, 0.25) is 0 Å². The maximum atomic E-state index is 5.37. The third kappa shape index (κ3) is 2.44. The van der Waals surface area contributed by atoms with Gasteiger partial charge in [0, 0.05) is 28.3 Å². The van der Waals surface area contributed by atoms with Gasteiger partial charge in [-0.15, -0.1) is 0 Å². The fraction of sp³-hybridized carbons (Fsp3) is 0.417. The van der Waals surface area contributed by atoms with Crippen molar-refractivity contribution in [2.45, 2.75) is 18.8 Å². The Morgan fingerprint density at radius 1 is 1.28 bits per heavy atom. The van der Waals surface area contributed by atoms with E-state index in [1.54, 1.807) is 12.4 Å².